The molecule has 2 aromatic heterocycles. The number of hydrogen-bond donors (Lipinski definition) is 2. The molecule has 3 N–H and O–H groups in total. The molecule has 0 spiro atoms. The van der Waals surface area contributed by atoms with E-state index in [-0.39, 0.29) is 6.61 Å². The van der Waals surface area contributed by atoms with Gasteiger partial charge in [-0.2, -0.15) is 10.4 Å². The van der Waals surface area contributed by atoms with Crippen molar-refractivity contribution in [2.45, 2.75) is 24.5 Å². The topological polar surface area (TPSA) is 136 Å². The number of carboxylic acid groups (broad SMARTS) is 1. The van der Waals surface area contributed by atoms with Crippen molar-refractivity contribution in [3.05, 3.63) is 24.2 Å². The number of nitrogens with two attached hydrogens (primary N) is 1. The summed E-state index contributed by atoms with van der Waals surface area (Å²) in [5, 5.41) is 22.0. The van der Waals surface area contributed by atoms with Crippen LogP contribution in [0.3, 0.4) is 0 Å². The van der Waals surface area contributed by atoms with E-state index in [0.717, 1.165) is 5.69 Å². The Labute approximate surface area is 124 Å². The monoisotopic (exact) mass is 303 g/mol. The Balaban J connectivity index is 1.86. The van der Waals surface area contributed by atoms with Crippen LogP contribution in [0.15, 0.2) is 18.5 Å². The number of nitriles is 1. The molecule has 2 unspecified atom stereocenters. The smallest absolute Gasteiger partial charge is 0.450 e. The predicted octanol–water partition coefficient (Wildman–Crippen LogP) is 1.12. The van der Waals surface area contributed by atoms with Crippen molar-refractivity contribution in [1.29, 1.82) is 5.26 Å². The van der Waals surface area contributed by atoms with E-state index < -0.39 is 17.9 Å². The van der Waals surface area contributed by atoms with E-state index in [0.29, 0.717) is 24.2 Å². The Bertz CT molecular complexity index is 767. The molecule has 0 amide bonds. The number of nitrogen functional groups attached to an aromatic ring is 1. The summed E-state index contributed by atoms with van der Waals surface area (Å²) in [7, 11) is 0. The standard InChI is InChI=1S/C13H13N5O4/c14-5-13(6-21-12(19)20)4-3-10(22-13)8-1-2-9-11(15)16-7-17-18(8)9/h1-2,7,10H,3-4,6H2,(H,19,20)(H2,15,16,17). The van der Waals surface area contributed by atoms with Crippen LogP contribution in [-0.4, -0.2) is 38.1 Å². The Morgan fingerprint density at radius 3 is 3.23 bits per heavy atom. The van der Waals surface area contributed by atoms with Gasteiger partial charge < -0.3 is 20.3 Å². The molecule has 114 valence electrons. The highest BCUT2D eigenvalue weighted by Crippen LogP contribution is 2.40. The van der Waals surface area contributed by atoms with Crippen molar-refractivity contribution < 1.29 is 19.4 Å². The van der Waals surface area contributed by atoms with Gasteiger partial charge in [0.2, 0.25) is 0 Å². The number of rotatable bonds is 3. The van der Waals surface area contributed by atoms with E-state index >= 15 is 0 Å². The number of carbonyl (C=O) groups is 1. The van der Waals surface area contributed by atoms with Crippen LogP contribution in [0.4, 0.5) is 10.6 Å². The summed E-state index contributed by atoms with van der Waals surface area (Å²) in [6, 6.07) is 5.58. The zero-order chi connectivity index (χ0) is 15.7. The minimum Gasteiger partial charge on any atom is -0.450 e. The molecular formula is C13H13N5O4. The van der Waals surface area contributed by atoms with Crippen molar-refractivity contribution in [3.63, 3.8) is 0 Å². The maximum atomic E-state index is 10.5. The van der Waals surface area contributed by atoms with Crippen LogP contribution in [0.25, 0.3) is 5.52 Å². The van der Waals surface area contributed by atoms with Crippen LogP contribution in [0.2, 0.25) is 0 Å². The zero-order valence-electron chi connectivity index (χ0n) is 11.5. The Morgan fingerprint density at radius 1 is 1.68 bits per heavy atom. The summed E-state index contributed by atoms with van der Waals surface area (Å²) < 4.78 is 11.9. The molecule has 1 aliphatic rings. The lowest BCUT2D eigenvalue weighted by atomic mass is 10.0. The Hall–Kier alpha value is -2.86. The number of hydrogen-bond acceptors (Lipinski definition) is 7. The van der Waals surface area contributed by atoms with E-state index in [2.05, 4.69) is 14.8 Å². The fraction of sp³-hybridized carbons (Fsp3) is 0.385. The van der Waals surface area contributed by atoms with Gasteiger partial charge in [-0.05, 0) is 25.0 Å². The molecule has 0 aliphatic carbocycles. The van der Waals surface area contributed by atoms with Gasteiger partial charge in [0.25, 0.3) is 0 Å². The summed E-state index contributed by atoms with van der Waals surface area (Å²) in [5.41, 5.74) is 5.89. The lowest BCUT2D eigenvalue weighted by Gasteiger charge is -2.20. The first-order valence-corrected chi connectivity index (χ1v) is 6.57. The number of fused-ring (bicyclic) bond motifs is 1. The second kappa shape index (κ2) is 5.16. The van der Waals surface area contributed by atoms with E-state index in [9.17, 15) is 10.1 Å². The summed E-state index contributed by atoms with van der Waals surface area (Å²) in [6.07, 6.45) is 0.428. The van der Waals surface area contributed by atoms with Crippen LogP contribution >= 0.6 is 0 Å². The van der Waals surface area contributed by atoms with Crippen molar-refractivity contribution in [2.24, 2.45) is 0 Å². The third-order valence-electron chi connectivity index (χ3n) is 3.65. The van der Waals surface area contributed by atoms with Gasteiger partial charge in [-0.3, -0.25) is 0 Å². The summed E-state index contributed by atoms with van der Waals surface area (Å²) in [6.45, 7) is -0.324. The van der Waals surface area contributed by atoms with Crippen LogP contribution in [0.1, 0.15) is 24.6 Å². The lowest BCUT2D eigenvalue weighted by Crippen LogP contribution is -2.33. The van der Waals surface area contributed by atoms with Crippen LogP contribution in [0.5, 0.6) is 0 Å². The minimum atomic E-state index is -1.43. The first kappa shape index (κ1) is 14.1. The van der Waals surface area contributed by atoms with E-state index in [1.54, 1.807) is 16.6 Å². The molecule has 3 heterocycles. The number of ether oxygens (including phenoxy) is 2. The Morgan fingerprint density at radius 2 is 2.50 bits per heavy atom. The first-order valence-electron chi connectivity index (χ1n) is 6.57. The number of nitrogens with zero attached hydrogens (tertiary/aromatic N) is 4. The molecular weight excluding hydrogens is 290 g/mol. The molecule has 1 saturated heterocycles. The van der Waals surface area contributed by atoms with Crippen molar-refractivity contribution >= 4 is 17.5 Å². The van der Waals surface area contributed by atoms with Crippen LogP contribution in [0, 0.1) is 11.3 Å². The number of anilines is 1. The summed E-state index contributed by atoms with van der Waals surface area (Å²) in [4.78, 5) is 14.4. The molecule has 1 aliphatic heterocycles. The molecule has 0 aromatic carbocycles. The lowest BCUT2D eigenvalue weighted by molar-refractivity contribution is -0.0500. The van der Waals surface area contributed by atoms with Gasteiger partial charge in [0.15, 0.2) is 11.4 Å². The fourth-order valence-corrected chi connectivity index (χ4v) is 2.58. The molecule has 22 heavy (non-hydrogen) atoms. The zero-order valence-corrected chi connectivity index (χ0v) is 11.5. The van der Waals surface area contributed by atoms with Crippen LogP contribution < -0.4 is 5.73 Å². The third-order valence-corrected chi connectivity index (χ3v) is 3.65. The normalized spacial score (nSPS) is 24.2. The summed E-state index contributed by atoms with van der Waals surface area (Å²) >= 11 is 0. The van der Waals surface area contributed by atoms with Crippen molar-refractivity contribution in [1.82, 2.24) is 14.6 Å². The fourth-order valence-electron chi connectivity index (χ4n) is 2.58. The van der Waals surface area contributed by atoms with Gasteiger partial charge in [-0.25, -0.2) is 14.3 Å². The average Bonchev–Trinajstić information content (AvgIpc) is 3.10. The van der Waals surface area contributed by atoms with Crippen molar-refractivity contribution in [2.75, 3.05) is 12.3 Å². The summed E-state index contributed by atoms with van der Waals surface area (Å²) in [5.74, 6) is 0.347. The molecule has 0 bridgehead atoms. The van der Waals surface area contributed by atoms with Gasteiger partial charge in [0.1, 0.15) is 30.6 Å². The van der Waals surface area contributed by atoms with Crippen LogP contribution in [-0.2, 0) is 9.47 Å². The Kier molecular flexibility index (Phi) is 3.30. The van der Waals surface area contributed by atoms with E-state index in [1.165, 1.54) is 6.33 Å². The first-order chi connectivity index (χ1) is 10.5. The van der Waals surface area contributed by atoms with Gasteiger partial charge in [-0.1, -0.05) is 0 Å². The molecule has 0 saturated carbocycles. The predicted molar refractivity (Wildman–Crippen MR) is 72.8 cm³/mol. The van der Waals surface area contributed by atoms with Gasteiger partial charge in [-0.15, -0.1) is 0 Å². The second-order valence-corrected chi connectivity index (χ2v) is 5.01. The quantitative estimate of drug-likeness (QED) is 0.805. The average molecular weight is 303 g/mol. The maximum Gasteiger partial charge on any atom is 0.505 e. The third kappa shape index (κ3) is 2.29. The highest BCUT2D eigenvalue weighted by atomic mass is 16.7. The van der Waals surface area contributed by atoms with E-state index in [4.69, 9.17) is 15.6 Å². The number of aromatic nitrogens is 3. The van der Waals surface area contributed by atoms with Gasteiger partial charge >= 0.3 is 6.16 Å². The SMILES string of the molecule is N#CC1(COC(=O)O)CCC(c2ccc3c(N)ncnn23)O1. The van der Waals surface area contributed by atoms with Gasteiger partial charge in [0.05, 0.1) is 5.69 Å². The maximum absolute atomic E-state index is 10.5. The van der Waals surface area contributed by atoms with Crippen molar-refractivity contribution in [3.8, 4) is 6.07 Å². The molecule has 9 nitrogen and oxygen atoms in total. The van der Waals surface area contributed by atoms with E-state index in [1.807, 2.05) is 6.07 Å². The molecule has 3 rings (SSSR count). The second-order valence-electron chi connectivity index (χ2n) is 5.01. The minimum absolute atomic E-state index is 0.324. The molecule has 2 atom stereocenters. The molecule has 2 aromatic rings. The largest absolute Gasteiger partial charge is 0.505 e. The highest BCUT2D eigenvalue weighted by molar-refractivity contribution is 5.65. The molecule has 1 fully saturated rings. The van der Waals surface area contributed by atoms with Gasteiger partial charge in [0, 0.05) is 0 Å². The highest BCUT2D eigenvalue weighted by Gasteiger charge is 2.43. The molecule has 0 radical (unpaired) electrons. The molecule has 9 heteroatoms.